The molecule has 1 heterocycles. The van der Waals surface area contributed by atoms with E-state index in [4.69, 9.17) is 4.74 Å². The third kappa shape index (κ3) is 6.45. The van der Waals surface area contributed by atoms with Crippen LogP contribution in [0.25, 0.3) is 0 Å². The summed E-state index contributed by atoms with van der Waals surface area (Å²) in [7, 11) is 1.19. The van der Waals surface area contributed by atoms with Crippen LogP contribution in [0.2, 0.25) is 0 Å². The van der Waals surface area contributed by atoms with Crippen molar-refractivity contribution >= 4 is 11.8 Å². The molecular weight excluding hydrogens is 562 g/mol. The van der Waals surface area contributed by atoms with Gasteiger partial charge in [0.15, 0.2) is 17.3 Å². The maximum atomic E-state index is 14.9. The van der Waals surface area contributed by atoms with E-state index in [0.29, 0.717) is 16.5 Å². The molecule has 3 aromatic carbocycles. The minimum absolute atomic E-state index is 0.0868. The molecule has 1 saturated heterocycles. The molecular formula is C31H28F6N2O3. The van der Waals surface area contributed by atoms with Crippen LogP contribution in [-0.2, 0) is 16.8 Å². The Morgan fingerprint density at radius 1 is 1.10 bits per heavy atom. The van der Waals surface area contributed by atoms with Crippen LogP contribution in [0, 0.1) is 11.6 Å². The van der Waals surface area contributed by atoms with E-state index in [1.165, 1.54) is 25.3 Å². The molecule has 42 heavy (non-hydrogen) atoms. The van der Waals surface area contributed by atoms with E-state index in [9.17, 15) is 35.9 Å². The summed E-state index contributed by atoms with van der Waals surface area (Å²) in [5.41, 5.74) is -2.16. The van der Waals surface area contributed by atoms with Gasteiger partial charge < -0.3 is 15.0 Å². The second kappa shape index (κ2) is 12.3. The first-order valence-corrected chi connectivity index (χ1v) is 13.0. The minimum Gasteiger partial charge on any atom is -0.494 e. The van der Waals surface area contributed by atoms with Crippen molar-refractivity contribution in [3.63, 3.8) is 0 Å². The maximum absolute atomic E-state index is 14.9. The molecule has 5 nitrogen and oxygen atoms in total. The molecule has 222 valence electrons. The molecule has 0 radical (unpaired) electrons. The first-order chi connectivity index (χ1) is 19.9. The number of allylic oxidation sites excluding steroid dienone is 1. The lowest BCUT2D eigenvalue weighted by Gasteiger charge is -2.39. The number of carbonyl (C=O) groups is 2. The van der Waals surface area contributed by atoms with Gasteiger partial charge in [-0.05, 0) is 47.0 Å². The molecule has 0 aliphatic carbocycles. The van der Waals surface area contributed by atoms with Crippen molar-refractivity contribution in [2.45, 2.75) is 43.2 Å². The first-order valence-electron chi connectivity index (χ1n) is 13.0. The fraction of sp³-hybridized carbons (Fsp3) is 0.290. The predicted octanol–water partition coefficient (Wildman–Crippen LogP) is 6.96. The number of rotatable bonds is 10. The Morgan fingerprint density at radius 3 is 2.45 bits per heavy atom. The van der Waals surface area contributed by atoms with Crippen LogP contribution >= 0.6 is 0 Å². The lowest BCUT2D eigenvalue weighted by molar-refractivity contribution is -0.122. The quantitative estimate of drug-likeness (QED) is 0.205. The van der Waals surface area contributed by atoms with Gasteiger partial charge in [0.25, 0.3) is 12.3 Å². The van der Waals surface area contributed by atoms with Crippen LogP contribution in [0.1, 0.15) is 41.5 Å². The monoisotopic (exact) mass is 590 g/mol. The van der Waals surface area contributed by atoms with E-state index in [-0.39, 0.29) is 29.7 Å². The minimum atomic E-state index is -3.39. The second-order valence-corrected chi connectivity index (χ2v) is 10.1. The van der Waals surface area contributed by atoms with Gasteiger partial charge in [0.05, 0.1) is 25.2 Å². The van der Waals surface area contributed by atoms with Gasteiger partial charge in [-0.2, -0.15) is 0 Å². The van der Waals surface area contributed by atoms with Gasteiger partial charge in [-0.3, -0.25) is 4.79 Å². The predicted molar refractivity (Wildman–Crippen MR) is 144 cm³/mol. The Balaban J connectivity index is 1.96. The van der Waals surface area contributed by atoms with Gasteiger partial charge in [0.1, 0.15) is 5.82 Å². The molecule has 1 N–H and O–H groups in total. The van der Waals surface area contributed by atoms with E-state index in [1.54, 1.807) is 30.3 Å². The van der Waals surface area contributed by atoms with Crippen LogP contribution in [0.4, 0.5) is 31.1 Å². The van der Waals surface area contributed by atoms with Gasteiger partial charge in [-0.15, -0.1) is 6.58 Å². The second-order valence-electron chi connectivity index (χ2n) is 10.1. The van der Waals surface area contributed by atoms with Crippen molar-refractivity contribution in [1.29, 1.82) is 0 Å². The SMILES string of the molecule is C=CCC(=O)[C@@H]1CC(F)(F)CN1C(=O)N[C@@](Cc1ccccc1)(c1cc(F)cc(C(F)F)c1)c1ccc(F)c(OC)c1. The number of urea groups is 1. The summed E-state index contributed by atoms with van der Waals surface area (Å²) in [4.78, 5) is 27.3. The molecule has 0 spiro atoms. The summed E-state index contributed by atoms with van der Waals surface area (Å²) < 4.78 is 91.4. The van der Waals surface area contributed by atoms with Crippen LogP contribution in [0.5, 0.6) is 5.75 Å². The Hall–Kier alpha value is -4.28. The maximum Gasteiger partial charge on any atom is 0.319 e. The number of hydrogen-bond donors (Lipinski definition) is 1. The van der Waals surface area contributed by atoms with E-state index >= 15 is 0 Å². The lowest BCUT2D eigenvalue weighted by atomic mass is 9.77. The zero-order valence-electron chi connectivity index (χ0n) is 22.6. The largest absolute Gasteiger partial charge is 0.494 e. The molecule has 0 saturated carbocycles. The van der Waals surface area contributed by atoms with Crippen LogP contribution in [0.15, 0.2) is 79.4 Å². The third-order valence-electron chi connectivity index (χ3n) is 7.19. The van der Waals surface area contributed by atoms with E-state index < -0.39 is 65.9 Å². The molecule has 2 amide bonds. The Morgan fingerprint density at radius 2 is 1.81 bits per heavy atom. The number of Topliss-reactive ketones (excluding diaryl/α,β-unsaturated/α-hetero) is 1. The number of alkyl halides is 4. The van der Waals surface area contributed by atoms with Gasteiger partial charge in [-0.1, -0.05) is 42.5 Å². The Labute approximate surface area is 238 Å². The summed E-state index contributed by atoms with van der Waals surface area (Å²) in [5.74, 6) is -6.14. The average molecular weight is 591 g/mol. The van der Waals surface area contributed by atoms with Crippen molar-refractivity contribution in [1.82, 2.24) is 10.2 Å². The molecule has 3 aromatic rings. The van der Waals surface area contributed by atoms with Gasteiger partial charge in [-0.25, -0.2) is 31.1 Å². The number of methoxy groups -OCH3 is 1. The zero-order chi connectivity index (χ0) is 30.7. The number of nitrogens with zero attached hydrogens (tertiary/aromatic N) is 1. The fourth-order valence-corrected chi connectivity index (χ4v) is 5.22. The van der Waals surface area contributed by atoms with E-state index in [0.717, 1.165) is 18.2 Å². The highest BCUT2D eigenvalue weighted by atomic mass is 19.3. The highest BCUT2D eigenvalue weighted by molar-refractivity contribution is 5.90. The number of amides is 2. The number of hydrogen-bond acceptors (Lipinski definition) is 3. The van der Waals surface area contributed by atoms with Crippen molar-refractivity contribution in [3.8, 4) is 5.75 Å². The summed E-state index contributed by atoms with van der Waals surface area (Å²) in [6, 6.07) is 11.8. The van der Waals surface area contributed by atoms with Crippen LogP contribution < -0.4 is 10.1 Å². The number of ketones is 1. The first kappa shape index (κ1) is 30.7. The third-order valence-corrected chi connectivity index (χ3v) is 7.19. The van der Waals surface area contributed by atoms with Gasteiger partial charge >= 0.3 is 6.03 Å². The topological polar surface area (TPSA) is 58.6 Å². The summed E-state index contributed by atoms with van der Waals surface area (Å²) in [5, 5.41) is 2.67. The van der Waals surface area contributed by atoms with Gasteiger partial charge in [0.2, 0.25) is 0 Å². The highest BCUT2D eigenvalue weighted by Gasteiger charge is 2.51. The normalized spacial score (nSPS) is 17.5. The highest BCUT2D eigenvalue weighted by Crippen LogP contribution is 2.40. The molecule has 2 atom stereocenters. The van der Waals surface area contributed by atoms with Crippen molar-refractivity contribution < 1.29 is 40.7 Å². The number of benzene rings is 3. The molecule has 0 aromatic heterocycles. The standard InChI is InChI=1S/C31H28F6N2O3/c1-3-7-26(40)25-17-30(36,37)18-39(25)29(41)38-31(16-19-8-5-4-6-9-19,21-10-11-24(33)27(15-21)42-2)22-12-20(28(34)35)13-23(32)14-22/h3-6,8-15,25,28H,1,7,16-18H2,2H3,(H,38,41)/t25-,31+/m0/s1. The number of nitrogens with one attached hydrogen (secondary N) is 1. The van der Waals surface area contributed by atoms with Crippen molar-refractivity contribution in [2.75, 3.05) is 13.7 Å². The Bertz CT molecular complexity index is 1470. The molecule has 4 rings (SSSR count). The van der Waals surface area contributed by atoms with Gasteiger partial charge in [0, 0.05) is 24.8 Å². The number of ether oxygens (including phenoxy) is 1. The number of carbonyl (C=O) groups excluding carboxylic acids is 2. The van der Waals surface area contributed by atoms with E-state index in [1.807, 2.05) is 0 Å². The summed E-state index contributed by atoms with van der Waals surface area (Å²) in [6.45, 7) is 2.36. The van der Waals surface area contributed by atoms with Crippen molar-refractivity contribution in [2.24, 2.45) is 0 Å². The lowest BCUT2D eigenvalue weighted by Crippen LogP contribution is -2.55. The number of likely N-dealkylation sites (tertiary alicyclic amines) is 1. The fourth-order valence-electron chi connectivity index (χ4n) is 5.22. The Kier molecular flexibility index (Phi) is 8.98. The number of halogens is 6. The molecule has 11 heteroatoms. The summed E-state index contributed by atoms with van der Waals surface area (Å²) >= 11 is 0. The van der Waals surface area contributed by atoms with E-state index in [2.05, 4.69) is 11.9 Å². The van der Waals surface area contributed by atoms with Crippen LogP contribution in [0.3, 0.4) is 0 Å². The summed E-state index contributed by atoms with van der Waals surface area (Å²) in [6.07, 6.45) is -3.24. The van der Waals surface area contributed by atoms with Crippen LogP contribution in [-0.4, -0.2) is 42.3 Å². The molecule has 0 bridgehead atoms. The molecule has 1 fully saturated rings. The molecule has 1 aliphatic rings. The average Bonchev–Trinajstić information content (AvgIpc) is 3.29. The molecule has 1 aliphatic heterocycles. The molecule has 0 unspecified atom stereocenters. The zero-order valence-corrected chi connectivity index (χ0v) is 22.6. The van der Waals surface area contributed by atoms with Crippen molar-refractivity contribution in [3.05, 3.63) is 113 Å². The smallest absolute Gasteiger partial charge is 0.319 e.